The molecule has 3 aromatic heterocycles. The summed E-state index contributed by atoms with van der Waals surface area (Å²) in [4.78, 5) is 23.5. The highest BCUT2D eigenvalue weighted by molar-refractivity contribution is 5.99. The standard InChI is InChI=1S/C23H17F2N5O3/c24-20(25)22-29-28-21(33-22)13-7-8-14-12-30(23(32)15(14)11-13)18(16-5-1-3-9-26-16)19(31)17-6-2-4-10-27-17/h1-11,18-20,31H,12H2/t18-,19+/m1/s1. The number of aliphatic hydroxyl groups excluding tert-OH is 1. The molecule has 0 spiro atoms. The van der Waals surface area contributed by atoms with Gasteiger partial charge in [0, 0.05) is 30.1 Å². The lowest BCUT2D eigenvalue weighted by molar-refractivity contribution is 0.0332. The zero-order chi connectivity index (χ0) is 22.9. The van der Waals surface area contributed by atoms with Crippen molar-refractivity contribution in [3.05, 3.63) is 95.4 Å². The quantitative estimate of drug-likeness (QED) is 0.476. The Morgan fingerprint density at radius 1 is 0.970 bits per heavy atom. The SMILES string of the molecule is O=C1c2cc(-c3nnc(C(F)F)o3)ccc2CN1[C@H](c1ccccn1)[C@@H](O)c1ccccn1. The van der Waals surface area contributed by atoms with Gasteiger partial charge in [-0.25, -0.2) is 0 Å². The molecule has 0 radical (unpaired) electrons. The van der Waals surface area contributed by atoms with E-state index < -0.39 is 24.5 Å². The Morgan fingerprint density at radius 3 is 2.33 bits per heavy atom. The third-order valence-electron chi connectivity index (χ3n) is 5.43. The van der Waals surface area contributed by atoms with Crippen LogP contribution in [0.3, 0.4) is 0 Å². The molecule has 1 aliphatic heterocycles. The fourth-order valence-electron chi connectivity index (χ4n) is 3.88. The number of halogens is 2. The number of pyridine rings is 2. The molecule has 1 aromatic carbocycles. The molecule has 1 amide bonds. The monoisotopic (exact) mass is 449 g/mol. The second-order valence-electron chi connectivity index (χ2n) is 7.45. The number of alkyl halides is 2. The summed E-state index contributed by atoms with van der Waals surface area (Å²) in [5.41, 5.74) is 2.34. The van der Waals surface area contributed by atoms with Crippen LogP contribution in [-0.4, -0.2) is 36.1 Å². The van der Waals surface area contributed by atoms with Crippen molar-refractivity contribution >= 4 is 5.91 Å². The van der Waals surface area contributed by atoms with Gasteiger partial charge in [0.25, 0.3) is 11.8 Å². The van der Waals surface area contributed by atoms with Crippen LogP contribution in [0.4, 0.5) is 8.78 Å². The summed E-state index contributed by atoms with van der Waals surface area (Å²) in [7, 11) is 0. The van der Waals surface area contributed by atoms with Crippen LogP contribution in [-0.2, 0) is 6.54 Å². The van der Waals surface area contributed by atoms with Crippen LogP contribution in [0.1, 0.15) is 51.8 Å². The molecule has 5 rings (SSSR count). The first-order valence-electron chi connectivity index (χ1n) is 10.1. The lowest BCUT2D eigenvalue weighted by atomic mass is 10.0. The van der Waals surface area contributed by atoms with Gasteiger partial charge in [0.05, 0.1) is 11.4 Å². The number of nitrogens with zero attached hydrogens (tertiary/aromatic N) is 5. The molecule has 33 heavy (non-hydrogen) atoms. The van der Waals surface area contributed by atoms with Crippen molar-refractivity contribution in [2.45, 2.75) is 25.1 Å². The molecule has 0 unspecified atom stereocenters. The smallest absolute Gasteiger partial charge is 0.314 e. The Labute approximate surface area is 186 Å². The third kappa shape index (κ3) is 3.85. The van der Waals surface area contributed by atoms with E-state index in [1.807, 2.05) is 0 Å². The van der Waals surface area contributed by atoms with Gasteiger partial charge in [0.2, 0.25) is 5.89 Å². The van der Waals surface area contributed by atoms with Crippen LogP contribution in [0, 0.1) is 0 Å². The Hall–Kier alpha value is -4.05. The van der Waals surface area contributed by atoms with Crippen molar-refractivity contribution < 1.29 is 23.1 Å². The van der Waals surface area contributed by atoms with Crippen LogP contribution in [0.5, 0.6) is 0 Å². The van der Waals surface area contributed by atoms with E-state index in [1.165, 1.54) is 11.0 Å². The number of rotatable bonds is 6. The second kappa shape index (κ2) is 8.47. The fourth-order valence-corrected chi connectivity index (χ4v) is 3.88. The number of aromatic nitrogens is 4. The summed E-state index contributed by atoms with van der Waals surface area (Å²) >= 11 is 0. The van der Waals surface area contributed by atoms with Crippen molar-refractivity contribution in [3.8, 4) is 11.5 Å². The molecule has 0 saturated heterocycles. The first kappa shape index (κ1) is 20.8. The van der Waals surface area contributed by atoms with Crippen LogP contribution in [0.25, 0.3) is 11.5 Å². The van der Waals surface area contributed by atoms with Gasteiger partial charge in [-0.3, -0.25) is 14.8 Å². The van der Waals surface area contributed by atoms with E-state index in [1.54, 1.807) is 60.9 Å². The average molecular weight is 449 g/mol. The lowest BCUT2D eigenvalue weighted by Gasteiger charge is -2.31. The number of aliphatic hydroxyl groups is 1. The van der Waals surface area contributed by atoms with Crippen molar-refractivity contribution in [3.63, 3.8) is 0 Å². The zero-order valence-electron chi connectivity index (χ0n) is 17.0. The summed E-state index contributed by atoms with van der Waals surface area (Å²) < 4.78 is 30.6. The number of amides is 1. The molecule has 0 bridgehead atoms. The number of hydrogen-bond donors (Lipinski definition) is 1. The highest BCUT2D eigenvalue weighted by Gasteiger charge is 2.39. The van der Waals surface area contributed by atoms with E-state index >= 15 is 0 Å². The molecule has 2 atom stereocenters. The highest BCUT2D eigenvalue weighted by Crippen LogP contribution is 2.39. The highest BCUT2D eigenvalue weighted by atomic mass is 19.3. The molecule has 0 saturated carbocycles. The molecule has 4 heterocycles. The Bertz CT molecular complexity index is 1280. The summed E-state index contributed by atoms with van der Waals surface area (Å²) in [5, 5.41) is 18.2. The summed E-state index contributed by atoms with van der Waals surface area (Å²) in [6.07, 6.45) is -0.845. The van der Waals surface area contributed by atoms with Gasteiger partial charge in [-0.15, -0.1) is 10.2 Å². The minimum atomic E-state index is -2.88. The van der Waals surface area contributed by atoms with E-state index in [-0.39, 0.29) is 18.3 Å². The molecule has 1 N–H and O–H groups in total. The topological polar surface area (TPSA) is 105 Å². The minimum Gasteiger partial charge on any atom is -0.415 e. The normalized spacial score (nSPS) is 15.0. The maximum atomic E-state index is 13.4. The summed E-state index contributed by atoms with van der Waals surface area (Å²) in [5.74, 6) is -1.23. The largest absolute Gasteiger partial charge is 0.415 e. The maximum absolute atomic E-state index is 13.4. The average Bonchev–Trinajstić information content (AvgIpc) is 3.46. The summed E-state index contributed by atoms with van der Waals surface area (Å²) in [6.45, 7) is 0.228. The molecule has 166 valence electrons. The first-order chi connectivity index (χ1) is 16.0. The van der Waals surface area contributed by atoms with Gasteiger partial charge in [0.15, 0.2) is 0 Å². The first-order valence-corrected chi connectivity index (χ1v) is 10.1. The molecule has 4 aromatic rings. The molecule has 1 aliphatic rings. The van der Waals surface area contributed by atoms with Gasteiger partial charge in [-0.1, -0.05) is 18.2 Å². The van der Waals surface area contributed by atoms with E-state index in [0.29, 0.717) is 28.1 Å². The third-order valence-corrected chi connectivity index (χ3v) is 5.43. The van der Waals surface area contributed by atoms with E-state index in [2.05, 4.69) is 20.2 Å². The molecule has 0 aliphatic carbocycles. The Morgan fingerprint density at radius 2 is 1.70 bits per heavy atom. The van der Waals surface area contributed by atoms with Gasteiger partial charge < -0.3 is 14.4 Å². The van der Waals surface area contributed by atoms with Crippen molar-refractivity contribution in [1.82, 2.24) is 25.1 Å². The number of benzene rings is 1. The van der Waals surface area contributed by atoms with Crippen molar-refractivity contribution in [2.75, 3.05) is 0 Å². The van der Waals surface area contributed by atoms with Gasteiger partial charge >= 0.3 is 6.43 Å². The zero-order valence-corrected chi connectivity index (χ0v) is 17.0. The minimum absolute atomic E-state index is 0.103. The van der Waals surface area contributed by atoms with Gasteiger partial charge in [-0.2, -0.15) is 8.78 Å². The molecular weight excluding hydrogens is 432 g/mol. The molecule has 10 heteroatoms. The van der Waals surface area contributed by atoms with Crippen LogP contribution in [0.2, 0.25) is 0 Å². The fraction of sp³-hybridized carbons (Fsp3) is 0.174. The number of carbonyl (C=O) groups is 1. The number of fused-ring (bicyclic) bond motifs is 1. The van der Waals surface area contributed by atoms with Crippen LogP contribution in [0.15, 0.2) is 71.4 Å². The molecule has 8 nitrogen and oxygen atoms in total. The summed E-state index contributed by atoms with van der Waals surface area (Å²) in [6, 6.07) is 14.5. The van der Waals surface area contributed by atoms with Gasteiger partial charge in [-0.05, 0) is 42.0 Å². The Kier molecular flexibility index (Phi) is 5.35. The Balaban J connectivity index is 1.50. The van der Waals surface area contributed by atoms with Crippen LogP contribution >= 0.6 is 0 Å². The predicted molar refractivity (Wildman–Crippen MR) is 111 cm³/mol. The number of hydrogen-bond acceptors (Lipinski definition) is 7. The molecular formula is C23H17F2N5O3. The second-order valence-corrected chi connectivity index (χ2v) is 7.45. The van der Waals surface area contributed by atoms with E-state index in [0.717, 1.165) is 0 Å². The van der Waals surface area contributed by atoms with E-state index in [9.17, 15) is 18.7 Å². The molecule has 0 fully saturated rings. The lowest BCUT2D eigenvalue weighted by Crippen LogP contribution is -2.34. The predicted octanol–water partition coefficient (Wildman–Crippen LogP) is 3.89. The van der Waals surface area contributed by atoms with E-state index in [4.69, 9.17) is 4.42 Å². The van der Waals surface area contributed by atoms with Gasteiger partial charge in [0.1, 0.15) is 12.1 Å². The van der Waals surface area contributed by atoms with Crippen molar-refractivity contribution in [2.24, 2.45) is 0 Å². The maximum Gasteiger partial charge on any atom is 0.314 e. The number of carbonyl (C=O) groups excluding carboxylic acids is 1. The van der Waals surface area contributed by atoms with Crippen molar-refractivity contribution in [1.29, 1.82) is 0 Å². The van der Waals surface area contributed by atoms with Crippen LogP contribution < -0.4 is 0 Å².